The number of ether oxygens (including phenoxy) is 1. The molecule has 0 unspecified atom stereocenters. The Morgan fingerprint density at radius 3 is 3.11 bits per heavy atom. The maximum absolute atomic E-state index is 11.8. The van der Waals surface area contributed by atoms with E-state index in [9.17, 15) is 4.79 Å². The third-order valence-electron chi connectivity index (χ3n) is 3.33. The molecule has 0 aromatic carbocycles. The van der Waals surface area contributed by atoms with Crippen LogP contribution in [0.5, 0.6) is 0 Å². The second-order valence-corrected chi connectivity index (χ2v) is 5.36. The molecule has 0 fully saturated rings. The van der Waals surface area contributed by atoms with Crippen LogP contribution in [0.3, 0.4) is 0 Å². The van der Waals surface area contributed by atoms with Gasteiger partial charge in [0.2, 0.25) is 5.91 Å². The lowest BCUT2D eigenvalue weighted by Gasteiger charge is -2.22. The number of amides is 1. The van der Waals surface area contributed by atoms with Gasteiger partial charge in [0.25, 0.3) is 0 Å². The molecule has 0 spiro atoms. The molecule has 0 aliphatic carbocycles. The van der Waals surface area contributed by atoms with Gasteiger partial charge in [-0.2, -0.15) is 0 Å². The number of aryl methyl sites for hydroxylation is 1. The van der Waals surface area contributed by atoms with Crippen molar-refractivity contribution < 1.29 is 9.53 Å². The van der Waals surface area contributed by atoms with E-state index in [0.29, 0.717) is 25.6 Å². The predicted octanol–water partition coefficient (Wildman–Crippen LogP) is 1.12. The maximum atomic E-state index is 11.8. The van der Waals surface area contributed by atoms with E-state index < -0.39 is 0 Å². The highest BCUT2D eigenvalue weighted by atomic mass is 16.5. The largest absolute Gasteiger partial charge is 0.373 e. The first kappa shape index (κ1) is 14.0. The predicted molar refractivity (Wildman–Crippen MR) is 70.3 cm³/mol. The number of hydrogen-bond acceptors (Lipinski definition) is 4. The summed E-state index contributed by atoms with van der Waals surface area (Å²) in [5.41, 5.74) is 0.841. The first-order chi connectivity index (χ1) is 9.15. The Morgan fingerprint density at radius 1 is 1.47 bits per heavy atom. The van der Waals surface area contributed by atoms with Gasteiger partial charge >= 0.3 is 0 Å². The zero-order chi connectivity index (χ0) is 13.7. The molecule has 0 saturated carbocycles. The molecule has 1 aromatic heterocycles. The number of carbonyl (C=O) groups is 1. The number of nitrogens with zero attached hydrogens (tertiary/aromatic N) is 3. The summed E-state index contributed by atoms with van der Waals surface area (Å²) in [6.07, 6.45) is 4.28. The molecule has 6 heteroatoms. The third kappa shape index (κ3) is 4.31. The standard InChI is InChI=1S/C13H22N4O2/c1-10(2)12-9-19-8-11-7-17(16-15-11)6-4-3-5-13(18)14-12/h7,10,12H,3-6,8-9H2,1-2H3,(H,14,18)/t12-/m0/s1. The molecule has 1 aliphatic heterocycles. The van der Waals surface area contributed by atoms with E-state index in [1.807, 2.05) is 10.9 Å². The molecule has 0 radical (unpaired) electrons. The Morgan fingerprint density at radius 2 is 2.32 bits per heavy atom. The lowest BCUT2D eigenvalue weighted by molar-refractivity contribution is -0.122. The molecule has 0 saturated heterocycles. The average Bonchev–Trinajstić information content (AvgIpc) is 2.81. The van der Waals surface area contributed by atoms with Crippen molar-refractivity contribution in [3.63, 3.8) is 0 Å². The van der Waals surface area contributed by atoms with Crippen molar-refractivity contribution in [2.24, 2.45) is 5.92 Å². The summed E-state index contributed by atoms with van der Waals surface area (Å²) >= 11 is 0. The van der Waals surface area contributed by atoms with Crippen LogP contribution in [0.15, 0.2) is 6.20 Å². The SMILES string of the molecule is CC(C)[C@@H]1COCc2cn(nn2)CCCCC(=O)N1. The Bertz CT molecular complexity index is 417. The second-order valence-electron chi connectivity index (χ2n) is 5.36. The van der Waals surface area contributed by atoms with Crippen LogP contribution in [-0.2, 0) is 22.7 Å². The van der Waals surface area contributed by atoms with Crippen LogP contribution in [0.2, 0.25) is 0 Å². The fourth-order valence-electron chi connectivity index (χ4n) is 2.04. The van der Waals surface area contributed by atoms with Crippen molar-refractivity contribution in [1.82, 2.24) is 20.3 Å². The van der Waals surface area contributed by atoms with Crippen molar-refractivity contribution in [1.29, 1.82) is 0 Å². The maximum Gasteiger partial charge on any atom is 0.220 e. The van der Waals surface area contributed by atoms with Crippen molar-refractivity contribution in [2.75, 3.05) is 6.61 Å². The van der Waals surface area contributed by atoms with Crippen molar-refractivity contribution in [3.8, 4) is 0 Å². The zero-order valence-corrected chi connectivity index (χ0v) is 11.6. The van der Waals surface area contributed by atoms with Gasteiger partial charge in [0.1, 0.15) is 5.69 Å². The topological polar surface area (TPSA) is 69.0 Å². The summed E-state index contributed by atoms with van der Waals surface area (Å²) in [7, 11) is 0. The van der Waals surface area contributed by atoms with Gasteiger partial charge in [-0.05, 0) is 18.8 Å². The third-order valence-corrected chi connectivity index (χ3v) is 3.33. The van der Waals surface area contributed by atoms with Gasteiger partial charge in [-0.1, -0.05) is 19.1 Å². The Hall–Kier alpha value is -1.43. The second kappa shape index (κ2) is 6.65. The Kier molecular flexibility index (Phi) is 4.90. The normalized spacial score (nSPS) is 22.3. The fourth-order valence-corrected chi connectivity index (χ4v) is 2.04. The van der Waals surface area contributed by atoms with Gasteiger partial charge in [-0.15, -0.1) is 5.10 Å². The molecule has 106 valence electrons. The van der Waals surface area contributed by atoms with Crippen molar-refractivity contribution in [2.45, 2.75) is 52.3 Å². The van der Waals surface area contributed by atoms with Gasteiger partial charge < -0.3 is 10.1 Å². The van der Waals surface area contributed by atoms with Crippen LogP contribution in [-0.4, -0.2) is 33.5 Å². The molecule has 19 heavy (non-hydrogen) atoms. The fraction of sp³-hybridized carbons (Fsp3) is 0.769. The number of rotatable bonds is 1. The summed E-state index contributed by atoms with van der Waals surface area (Å²) in [6, 6.07) is 0.0586. The molecular formula is C13H22N4O2. The summed E-state index contributed by atoms with van der Waals surface area (Å²) in [4.78, 5) is 11.8. The van der Waals surface area contributed by atoms with Crippen LogP contribution in [0.4, 0.5) is 0 Å². The van der Waals surface area contributed by atoms with Crippen LogP contribution in [0.1, 0.15) is 38.8 Å². The smallest absolute Gasteiger partial charge is 0.220 e. The first-order valence-corrected chi connectivity index (χ1v) is 6.91. The number of carbonyl (C=O) groups excluding carboxylic acids is 1. The molecule has 1 N–H and O–H groups in total. The lowest BCUT2D eigenvalue weighted by atomic mass is 10.0. The van der Waals surface area contributed by atoms with Crippen LogP contribution in [0, 0.1) is 5.92 Å². The summed E-state index contributed by atoms with van der Waals surface area (Å²) in [5, 5.41) is 11.2. The van der Waals surface area contributed by atoms with E-state index >= 15 is 0 Å². The minimum absolute atomic E-state index is 0.0586. The summed E-state index contributed by atoms with van der Waals surface area (Å²) in [6.45, 7) is 5.93. The molecule has 6 nitrogen and oxygen atoms in total. The quantitative estimate of drug-likeness (QED) is 0.827. The van der Waals surface area contributed by atoms with Gasteiger partial charge in [0, 0.05) is 13.0 Å². The van der Waals surface area contributed by atoms with Crippen LogP contribution < -0.4 is 5.32 Å². The molecule has 1 aromatic rings. The molecule has 1 atom stereocenters. The van der Waals surface area contributed by atoms with E-state index in [-0.39, 0.29) is 11.9 Å². The van der Waals surface area contributed by atoms with Gasteiger partial charge in [0.15, 0.2) is 0 Å². The number of hydrogen-bond donors (Lipinski definition) is 1. The number of aromatic nitrogens is 3. The molecule has 1 aliphatic rings. The lowest BCUT2D eigenvalue weighted by Crippen LogP contribution is -2.41. The van der Waals surface area contributed by atoms with E-state index in [2.05, 4.69) is 29.5 Å². The van der Waals surface area contributed by atoms with Gasteiger partial charge in [0.05, 0.1) is 25.5 Å². The highest BCUT2D eigenvalue weighted by Crippen LogP contribution is 2.07. The van der Waals surface area contributed by atoms with E-state index in [1.165, 1.54) is 0 Å². The minimum Gasteiger partial charge on any atom is -0.373 e. The van der Waals surface area contributed by atoms with Crippen LogP contribution in [0.25, 0.3) is 0 Å². The molecule has 2 bridgehead atoms. The highest BCUT2D eigenvalue weighted by Gasteiger charge is 2.17. The Balaban J connectivity index is 2.00. The van der Waals surface area contributed by atoms with E-state index in [0.717, 1.165) is 25.1 Å². The zero-order valence-electron chi connectivity index (χ0n) is 11.6. The molecule has 1 amide bonds. The van der Waals surface area contributed by atoms with Gasteiger partial charge in [-0.3, -0.25) is 9.48 Å². The number of nitrogens with one attached hydrogen (secondary N) is 1. The summed E-state index contributed by atoms with van der Waals surface area (Å²) in [5.74, 6) is 0.463. The van der Waals surface area contributed by atoms with E-state index in [4.69, 9.17) is 4.74 Å². The minimum atomic E-state index is 0.0586. The molecular weight excluding hydrogens is 244 g/mol. The molecule has 2 heterocycles. The van der Waals surface area contributed by atoms with Crippen LogP contribution >= 0.6 is 0 Å². The van der Waals surface area contributed by atoms with Crippen molar-refractivity contribution >= 4 is 5.91 Å². The summed E-state index contributed by atoms with van der Waals surface area (Å²) < 4.78 is 7.45. The first-order valence-electron chi connectivity index (χ1n) is 6.91. The monoisotopic (exact) mass is 266 g/mol. The average molecular weight is 266 g/mol. The highest BCUT2D eigenvalue weighted by molar-refractivity contribution is 5.76. The van der Waals surface area contributed by atoms with Gasteiger partial charge in [-0.25, -0.2) is 0 Å². The Labute approximate surface area is 113 Å². The van der Waals surface area contributed by atoms with Crippen molar-refractivity contribution in [3.05, 3.63) is 11.9 Å². The number of fused-ring (bicyclic) bond motifs is 2. The van der Waals surface area contributed by atoms with E-state index in [1.54, 1.807) is 0 Å². The molecule has 2 rings (SSSR count).